The van der Waals surface area contributed by atoms with Gasteiger partial charge in [0.2, 0.25) is 23.6 Å². The first-order chi connectivity index (χ1) is 27.7. The number of aliphatic hydroxyl groups is 3. The lowest BCUT2D eigenvalue weighted by Crippen LogP contribution is -2.58. The first-order valence-corrected chi connectivity index (χ1v) is 20.6. The lowest BCUT2D eigenvalue weighted by atomic mass is 10.0. The number of benzene rings is 1. The molecule has 0 bridgehead atoms. The molecule has 0 radical (unpaired) electrons. The number of rotatable bonds is 38. The smallest absolute Gasteiger partial charge is 0.306 e. The molecule has 57 heavy (non-hydrogen) atoms. The fourth-order valence-corrected chi connectivity index (χ4v) is 5.50. The topological polar surface area (TPSA) is 231 Å². The van der Waals surface area contributed by atoms with E-state index in [-0.39, 0.29) is 115 Å². The number of aliphatic hydroxyl groups excluding tert-OH is 3. The van der Waals surface area contributed by atoms with Crippen LogP contribution in [0.25, 0.3) is 0 Å². The molecule has 0 aromatic heterocycles. The number of esters is 1. The lowest BCUT2D eigenvalue weighted by Gasteiger charge is -2.34. The van der Waals surface area contributed by atoms with Gasteiger partial charge in [-0.3, -0.25) is 24.0 Å². The van der Waals surface area contributed by atoms with Gasteiger partial charge >= 0.3 is 5.97 Å². The summed E-state index contributed by atoms with van der Waals surface area (Å²) in [5.74, 6) is -1.16. The van der Waals surface area contributed by atoms with Gasteiger partial charge in [-0.2, -0.15) is 0 Å². The number of hydrogen-bond donors (Lipinski definition) is 7. The number of hydrogen-bond acceptors (Lipinski definition) is 12. The predicted molar refractivity (Wildman–Crippen MR) is 214 cm³/mol. The van der Waals surface area contributed by atoms with Crippen molar-refractivity contribution in [2.75, 3.05) is 79.1 Å². The summed E-state index contributed by atoms with van der Waals surface area (Å²) in [6.07, 6.45) is 9.45. The summed E-state index contributed by atoms with van der Waals surface area (Å²) in [5, 5.41) is 38.0. The van der Waals surface area contributed by atoms with E-state index >= 15 is 0 Å². The molecule has 0 saturated carbocycles. The molecule has 16 heteroatoms. The van der Waals surface area contributed by atoms with Crippen LogP contribution in [-0.4, -0.2) is 130 Å². The van der Waals surface area contributed by atoms with Gasteiger partial charge in [0.1, 0.15) is 12.1 Å². The highest BCUT2D eigenvalue weighted by atomic mass is 16.5. The van der Waals surface area contributed by atoms with E-state index in [4.69, 9.17) is 34.3 Å². The summed E-state index contributed by atoms with van der Waals surface area (Å²) in [7, 11) is 0. The van der Waals surface area contributed by atoms with Crippen LogP contribution in [0.15, 0.2) is 30.3 Å². The summed E-state index contributed by atoms with van der Waals surface area (Å²) in [5.41, 5.74) is -0.225. The van der Waals surface area contributed by atoms with E-state index < -0.39 is 5.54 Å². The fourth-order valence-electron chi connectivity index (χ4n) is 5.50. The molecule has 1 rings (SSSR count). The van der Waals surface area contributed by atoms with Crippen molar-refractivity contribution in [2.24, 2.45) is 0 Å². The maximum atomic E-state index is 13.3. The van der Waals surface area contributed by atoms with Crippen molar-refractivity contribution >= 4 is 29.6 Å². The Balaban J connectivity index is 2.65. The van der Waals surface area contributed by atoms with E-state index in [0.717, 1.165) is 50.5 Å². The molecular formula is C41H70N4O12. The van der Waals surface area contributed by atoms with E-state index in [1.54, 1.807) is 0 Å². The Labute approximate surface area is 338 Å². The highest BCUT2D eigenvalue weighted by Gasteiger charge is 2.34. The second-order valence-corrected chi connectivity index (χ2v) is 14.0. The van der Waals surface area contributed by atoms with Gasteiger partial charge in [-0.1, -0.05) is 68.9 Å². The third-order valence-corrected chi connectivity index (χ3v) is 8.71. The second kappa shape index (κ2) is 35.5. The van der Waals surface area contributed by atoms with Gasteiger partial charge < -0.3 is 55.5 Å². The van der Waals surface area contributed by atoms with Crippen LogP contribution in [0, 0.1) is 0 Å². The van der Waals surface area contributed by atoms with Gasteiger partial charge in [0.05, 0.1) is 39.6 Å². The van der Waals surface area contributed by atoms with E-state index in [2.05, 4.69) is 21.3 Å². The van der Waals surface area contributed by atoms with Crippen LogP contribution in [0.1, 0.15) is 108 Å². The van der Waals surface area contributed by atoms with E-state index in [9.17, 15) is 24.0 Å². The van der Waals surface area contributed by atoms with E-state index in [1.165, 1.54) is 0 Å². The van der Waals surface area contributed by atoms with E-state index in [1.807, 2.05) is 30.3 Å². The van der Waals surface area contributed by atoms with Gasteiger partial charge in [-0.15, -0.1) is 0 Å². The van der Waals surface area contributed by atoms with Crippen molar-refractivity contribution in [3.8, 4) is 0 Å². The first-order valence-electron chi connectivity index (χ1n) is 20.6. The number of nitrogens with one attached hydrogen (secondary N) is 4. The molecule has 16 nitrogen and oxygen atoms in total. The molecule has 1 aromatic carbocycles. The van der Waals surface area contributed by atoms with Gasteiger partial charge in [-0.05, 0) is 37.7 Å². The average molecular weight is 811 g/mol. The van der Waals surface area contributed by atoms with Crippen LogP contribution < -0.4 is 21.3 Å². The minimum atomic E-state index is -1.20. The molecule has 0 heterocycles. The largest absolute Gasteiger partial charge is 0.461 e. The molecule has 0 aliphatic carbocycles. The van der Waals surface area contributed by atoms with Crippen molar-refractivity contribution < 1.29 is 58.2 Å². The minimum Gasteiger partial charge on any atom is -0.461 e. The maximum Gasteiger partial charge on any atom is 0.306 e. The maximum absolute atomic E-state index is 13.3. The Morgan fingerprint density at radius 2 is 0.895 bits per heavy atom. The number of carbonyl (C=O) groups is 5. The number of ether oxygens (including phenoxy) is 4. The highest BCUT2D eigenvalue weighted by molar-refractivity contribution is 5.77. The number of amides is 4. The summed E-state index contributed by atoms with van der Waals surface area (Å²) in [6, 6.07) is 9.61. The second-order valence-electron chi connectivity index (χ2n) is 14.0. The zero-order valence-electron chi connectivity index (χ0n) is 33.9. The third-order valence-electron chi connectivity index (χ3n) is 8.71. The molecule has 7 N–H and O–H groups in total. The zero-order chi connectivity index (χ0) is 41.7. The van der Waals surface area contributed by atoms with Crippen LogP contribution in [0.5, 0.6) is 0 Å². The summed E-state index contributed by atoms with van der Waals surface area (Å²) >= 11 is 0. The van der Waals surface area contributed by atoms with Crippen LogP contribution in [0.2, 0.25) is 0 Å². The molecule has 0 aliphatic rings. The molecule has 0 spiro atoms. The average Bonchev–Trinajstić information content (AvgIpc) is 3.20. The standard InChI is InChI=1S/C41H70N4O12/c46-25-12-22-42-36(49)19-28-54-32-41(33-55-29-20-37(50)43-23-13-26-47,34-56-30-21-38(51)44-24-14-27-48)45-39(52)17-10-5-3-1-2-4-6-11-18-40(53)57-31-35-15-8-7-9-16-35/h7-9,15-16,46-48H,1-6,10-14,17-34H2,(H,42,49)(H,43,50)(H,44,51)(H,45,52). The first kappa shape index (κ1) is 51.3. The third kappa shape index (κ3) is 30.1. The Hall–Kier alpha value is -3.67. The molecule has 0 atom stereocenters. The fraction of sp³-hybridized carbons (Fsp3) is 0.732. The van der Waals surface area contributed by atoms with Gasteiger partial charge in [0.25, 0.3) is 0 Å². The molecule has 1 aromatic rings. The van der Waals surface area contributed by atoms with Crippen LogP contribution >= 0.6 is 0 Å². The highest BCUT2D eigenvalue weighted by Crippen LogP contribution is 2.14. The Morgan fingerprint density at radius 3 is 1.32 bits per heavy atom. The Kier molecular flexibility index (Phi) is 32.0. The molecular weight excluding hydrogens is 740 g/mol. The lowest BCUT2D eigenvalue weighted by molar-refractivity contribution is -0.145. The zero-order valence-corrected chi connectivity index (χ0v) is 33.9. The van der Waals surface area contributed by atoms with Gasteiger partial charge in [0.15, 0.2) is 0 Å². The molecule has 0 aliphatic heterocycles. The summed E-state index contributed by atoms with van der Waals surface area (Å²) in [4.78, 5) is 61.9. The van der Waals surface area contributed by atoms with Crippen molar-refractivity contribution in [2.45, 2.75) is 115 Å². The normalized spacial score (nSPS) is 11.2. The number of unbranched alkanes of at least 4 members (excludes halogenated alkanes) is 7. The molecule has 326 valence electrons. The number of carbonyl (C=O) groups excluding carboxylic acids is 5. The minimum absolute atomic E-state index is 0.0370. The van der Waals surface area contributed by atoms with E-state index in [0.29, 0.717) is 58.3 Å². The van der Waals surface area contributed by atoms with Crippen molar-refractivity contribution in [1.82, 2.24) is 21.3 Å². The summed E-state index contributed by atoms with van der Waals surface area (Å²) < 4.78 is 23.0. The van der Waals surface area contributed by atoms with Crippen LogP contribution in [0.3, 0.4) is 0 Å². The van der Waals surface area contributed by atoms with Crippen LogP contribution in [0.4, 0.5) is 0 Å². The SMILES string of the molecule is O=C(CCOCC(COCCC(=O)NCCCO)(COCCC(=O)NCCCO)NC(=O)CCCCCCCCCCC(=O)OCc1ccccc1)NCCCO. The predicted octanol–water partition coefficient (Wildman–Crippen LogP) is 2.20. The Morgan fingerprint density at radius 1 is 0.491 bits per heavy atom. The monoisotopic (exact) mass is 810 g/mol. The van der Waals surface area contributed by atoms with Crippen LogP contribution in [-0.2, 0) is 49.5 Å². The molecule has 4 amide bonds. The van der Waals surface area contributed by atoms with Crippen molar-refractivity contribution in [1.29, 1.82) is 0 Å². The molecule has 0 saturated heterocycles. The van der Waals surface area contributed by atoms with Crippen molar-refractivity contribution in [3.05, 3.63) is 35.9 Å². The van der Waals surface area contributed by atoms with Gasteiger partial charge in [0, 0.05) is 71.6 Å². The molecule has 0 fully saturated rings. The van der Waals surface area contributed by atoms with Crippen molar-refractivity contribution in [3.63, 3.8) is 0 Å². The Bertz CT molecular complexity index is 1130. The molecule has 0 unspecified atom stereocenters. The summed E-state index contributed by atoms with van der Waals surface area (Å²) in [6.45, 7) is 1.12. The quantitative estimate of drug-likeness (QED) is 0.0377. The van der Waals surface area contributed by atoms with Gasteiger partial charge in [-0.25, -0.2) is 0 Å².